The van der Waals surface area contributed by atoms with Gasteiger partial charge in [-0.1, -0.05) is 0 Å². The van der Waals surface area contributed by atoms with Crippen LogP contribution in [0.5, 0.6) is 0 Å². The number of carbonyl (C=O) groups excluding carboxylic acids is 2. The molecule has 0 aromatic carbocycles. The van der Waals surface area contributed by atoms with E-state index in [0.29, 0.717) is 0 Å². The molecule has 0 aliphatic rings. The lowest BCUT2D eigenvalue weighted by Crippen LogP contribution is -2.25. The van der Waals surface area contributed by atoms with Crippen molar-refractivity contribution >= 4 is 11.9 Å². The summed E-state index contributed by atoms with van der Waals surface area (Å²) in [6.45, 7) is 10.5. The van der Waals surface area contributed by atoms with E-state index in [9.17, 15) is 9.59 Å². The van der Waals surface area contributed by atoms with E-state index in [1.54, 1.807) is 20.8 Å². The fraction of sp³-hybridized carbons (Fsp3) is 0.846. The fourth-order valence-corrected chi connectivity index (χ4v) is 0.598. The molecule has 0 spiro atoms. The maximum absolute atomic E-state index is 10.8. The average molecular weight is 294 g/mol. The van der Waals surface area contributed by atoms with Crippen molar-refractivity contribution in [2.45, 2.75) is 41.5 Å². The molecule has 0 bridgehead atoms. The van der Waals surface area contributed by atoms with Gasteiger partial charge in [0, 0.05) is 0 Å². The molecule has 0 unspecified atom stereocenters. The number of rotatable bonds is 1. The van der Waals surface area contributed by atoms with Crippen LogP contribution >= 0.6 is 0 Å². The summed E-state index contributed by atoms with van der Waals surface area (Å²) in [6, 6.07) is 0. The molecule has 5 N–H and O–H groups in total. The Hall–Kier alpha value is -1.18. The van der Waals surface area contributed by atoms with Crippen molar-refractivity contribution in [3.63, 3.8) is 0 Å². The monoisotopic (exact) mass is 294 g/mol. The maximum Gasteiger partial charge on any atom is 0.312 e. The maximum atomic E-state index is 10.8. The molecular formula is C13H30N2O5. The number of ether oxygens (including phenoxy) is 2. The minimum absolute atomic E-state index is 0.0316. The van der Waals surface area contributed by atoms with Crippen LogP contribution in [0.15, 0.2) is 0 Å². The van der Waals surface area contributed by atoms with E-state index < -0.39 is 5.41 Å². The Labute approximate surface area is 121 Å². The van der Waals surface area contributed by atoms with Crippen LogP contribution < -0.4 is 11.5 Å². The van der Waals surface area contributed by atoms with Crippen LogP contribution in [-0.4, -0.2) is 37.6 Å². The zero-order valence-corrected chi connectivity index (χ0v) is 13.6. The first-order valence-electron chi connectivity index (χ1n) is 6.15. The lowest BCUT2D eigenvalue weighted by molar-refractivity contribution is -0.152. The van der Waals surface area contributed by atoms with Gasteiger partial charge in [0.15, 0.2) is 0 Å². The quantitative estimate of drug-likeness (QED) is 0.477. The highest BCUT2D eigenvalue weighted by Crippen LogP contribution is 2.14. The summed E-state index contributed by atoms with van der Waals surface area (Å²) in [5.41, 5.74) is 8.60. The minimum atomic E-state index is -0.431. The molecule has 0 fully saturated rings. The average Bonchev–Trinajstić information content (AvgIpc) is 2.27. The van der Waals surface area contributed by atoms with Gasteiger partial charge < -0.3 is 20.3 Å². The number of methoxy groups -OCH3 is 1. The Morgan fingerprint density at radius 1 is 0.950 bits per heavy atom. The third kappa shape index (κ3) is 16.8. The normalized spacial score (nSPS) is 10.3. The molecular weight excluding hydrogens is 264 g/mol. The molecule has 0 aromatic rings. The number of hydrogen-bond donors (Lipinski definition) is 3. The molecule has 122 valence electrons. The minimum Gasteiger partial charge on any atom is -0.469 e. The van der Waals surface area contributed by atoms with E-state index in [2.05, 4.69) is 15.2 Å². The lowest BCUT2D eigenvalue weighted by Gasteiger charge is -2.14. The third-order valence-corrected chi connectivity index (χ3v) is 1.62. The second-order valence-corrected chi connectivity index (χ2v) is 5.77. The van der Waals surface area contributed by atoms with Gasteiger partial charge in [0.25, 0.3) is 0 Å². The molecule has 0 saturated carbocycles. The molecule has 0 saturated heterocycles. The molecule has 7 nitrogen and oxygen atoms in total. The van der Waals surface area contributed by atoms with Crippen LogP contribution in [0, 0.1) is 10.8 Å². The molecule has 0 amide bonds. The first-order chi connectivity index (χ1) is 8.88. The Kier molecular flexibility index (Phi) is 13.9. The molecule has 0 aliphatic carbocycles. The van der Waals surface area contributed by atoms with E-state index in [4.69, 9.17) is 10.8 Å². The van der Waals surface area contributed by atoms with Crippen LogP contribution in [0.25, 0.3) is 0 Å². The van der Waals surface area contributed by atoms with E-state index in [1.807, 2.05) is 20.8 Å². The van der Waals surface area contributed by atoms with E-state index in [0.717, 1.165) is 0 Å². The second kappa shape index (κ2) is 11.6. The summed E-state index contributed by atoms with van der Waals surface area (Å²) in [7, 11) is 1.40. The van der Waals surface area contributed by atoms with Gasteiger partial charge in [-0.05, 0) is 41.5 Å². The Bertz CT molecular complexity index is 267. The summed E-state index contributed by atoms with van der Waals surface area (Å²) in [6.07, 6.45) is 0. The molecule has 20 heavy (non-hydrogen) atoms. The van der Waals surface area contributed by atoms with E-state index >= 15 is 0 Å². The predicted molar refractivity (Wildman–Crippen MR) is 77.3 cm³/mol. The fourth-order valence-electron chi connectivity index (χ4n) is 0.598. The predicted octanol–water partition coefficient (Wildman–Crippen LogP) is 0.592. The summed E-state index contributed by atoms with van der Waals surface area (Å²) in [4.78, 5) is 21.4. The second-order valence-electron chi connectivity index (χ2n) is 5.77. The van der Waals surface area contributed by atoms with Gasteiger partial charge in [-0.15, -0.1) is 0 Å². The Balaban J connectivity index is -0.000000243. The highest BCUT2D eigenvalue weighted by atomic mass is 16.5. The summed E-state index contributed by atoms with van der Waals surface area (Å²) in [5, 5.41) is 7.35. The number of carbonyl (C=O) groups is 2. The molecule has 0 rings (SSSR count). The van der Waals surface area contributed by atoms with Crippen molar-refractivity contribution < 1.29 is 24.2 Å². The summed E-state index contributed by atoms with van der Waals surface area (Å²) in [5.74, 6) is -0.428. The number of aliphatic hydroxyl groups excluding tert-OH is 1. The van der Waals surface area contributed by atoms with E-state index in [1.165, 1.54) is 7.11 Å². The first-order valence-corrected chi connectivity index (χ1v) is 6.15. The molecule has 0 heterocycles. The van der Waals surface area contributed by atoms with Crippen LogP contribution in [0.2, 0.25) is 0 Å². The Morgan fingerprint density at radius 2 is 1.25 bits per heavy atom. The topological polar surface area (TPSA) is 125 Å². The number of esters is 2. The zero-order chi connectivity index (χ0) is 17.0. The van der Waals surface area contributed by atoms with Crippen LogP contribution in [0.3, 0.4) is 0 Å². The number of aliphatic hydroxyl groups is 1. The summed E-state index contributed by atoms with van der Waals surface area (Å²) < 4.78 is 9.02. The molecule has 0 aliphatic heterocycles. The van der Waals surface area contributed by atoms with Crippen LogP contribution in [0.1, 0.15) is 41.5 Å². The molecule has 0 radical (unpaired) electrons. The molecule has 0 atom stereocenters. The van der Waals surface area contributed by atoms with Gasteiger partial charge in [-0.3, -0.25) is 15.3 Å². The standard InChI is InChI=1S/C6H13NO2.C6H12O2.CH5NO/c1-6(2,3)5(8)9-4-7;1-6(2,3)5(7)8-4;2-1-3/h4,7H2,1-3H3;1-4H3;3H,1-2H2. The van der Waals surface area contributed by atoms with Gasteiger partial charge in [0.1, 0.15) is 6.73 Å². The van der Waals surface area contributed by atoms with Crippen molar-refractivity contribution in [2.75, 3.05) is 20.6 Å². The van der Waals surface area contributed by atoms with Crippen LogP contribution in [0.4, 0.5) is 0 Å². The Morgan fingerprint density at radius 3 is 1.30 bits per heavy atom. The van der Waals surface area contributed by atoms with Crippen molar-refractivity contribution in [3.8, 4) is 0 Å². The van der Waals surface area contributed by atoms with Gasteiger partial charge in [-0.25, -0.2) is 0 Å². The first kappa shape index (κ1) is 23.9. The van der Waals surface area contributed by atoms with Gasteiger partial charge in [0.2, 0.25) is 0 Å². The van der Waals surface area contributed by atoms with Crippen molar-refractivity contribution in [2.24, 2.45) is 22.3 Å². The number of hydrogen-bond acceptors (Lipinski definition) is 7. The zero-order valence-electron chi connectivity index (χ0n) is 13.6. The smallest absolute Gasteiger partial charge is 0.312 e. The van der Waals surface area contributed by atoms with Gasteiger partial charge in [-0.2, -0.15) is 0 Å². The highest BCUT2D eigenvalue weighted by molar-refractivity contribution is 5.75. The molecule has 0 aromatic heterocycles. The van der Waals surface area contributed by atoms with Gasteiger partial charge in [0.05, 0.1) is 24.7 Å². The van der Waals surface area contributed by atoms with Gasteiger partial charge >= 0.3 is 11.9 Å². The number of nitrogens with two attached hydrogens (primary N) is 2. The largest absolute Gasteiger partial charge is 0.469 e. The SMILES string of the molecule is CC(C)(C)C(=O)OCN.COC(=O)C(C)(C)C.NCO. The van der Waals surface area contributed by atoms with Crippen molar-refractivity contribution in [3.05, 3.63) is 0 Å². The van der Waals surface area contributed by atoms with Crippen LogP contribution in [-0.2, 0) is 19.1 Å². The third-order valence-electron chi connectivity index (χ3n) is 1.62. The lowest BCUT2D eigenvalue weighted by atomic mass is 9.98. The van der Waals surface area contributed by atoms with E-state index in [-0.39, 0.29) is 30.8 Å². The van der Waals surface area contributed by atoms with Crippen molar-refractivity contribution in [1.82, 2.24) is 0 Å². The highest BCUT2D eigenvalue weighted by Gasteiger charge is 2.22. The van der Waals surface area contributed by atoms with Crippen molar-refractivity contribution in [1.29, 1.82) is 0 Å². The summed E-state index contributed by atoms with van der Waals surface area (Å²) >= 11 is 0. The molecule has 7 heteroatoms.